The fourth-order valence-corrected chi connectivity index (χ4v) is 2.57. The molecule has 0 fully saturated rings. The molecule has 0 aromatic heterocycles. The predicted octanol–water partition coefficient (Wildman–Crippen LogP) is 2.67. The van der Waals surface area contributed by atoms with Crippen molar-refractivity contribution in [3.05, 3.63) is 0 Å². The molecule has 6 nitrogen and oxygen atoms in total. The minimum atomic E-state index is -4.23. The van der Waals surface area contributed by atoms with Crippen LogP contribution in [0.2, 0.25) is 0 Å². The Morgan fingerprint density at radius 2 is 1.39 bits per heavy atom. The SMILES string of the molecule is CCCCCCCCCCCC(=O)OS(=O)(=O)OCCN.[Ag].[Ag]. The third kappa shape index (κ3) is 20.8. The van der Waals surface area contributed by atoms with Crippen LogP contribution >= 0.6 is 0 Å². The maximum atomic E-state index is 11.3. The molecule has 0 aliphatic carbocycles. The Kier molecular flexibility index (Phi) is 23.8. The van der Waals surface area contributed by atoms with Gasteiger partial charge in [-0.15, -0.1) is 0 Å². The van der Waals surface area contributed by atoms with Crippen molar-refractivity contribution in [1.29, 1.82) is 0 Å². The zero-order valence-corrected chi connectivity index (χ0v) is 17.4. The zero-order chi connectivity index (χ0) is 16.0. The van der Waals surface area contributed by atoms with Crippen molar-refractivity contribution in [3.63, 3.8) is 0 Å². The quantitative estimate of drug-likeness (QED) is 0.270. The molecule has 23 heavy (non-hydrogen) atoms. The molecule has 0 aliphatic heterocycles. The van der Waals surface area contributed by atoms with Gasteiger partial charge in [-0.1, -0.05) is 58.3 Å². The number of carbonyl (C=O) groups excluding carboxylic acids is 1. The first-order valence-electron chi connectivity index (χ1n) is 7.83. The summed E-state index contributed by atoms with van der Waals surface area (Å²) in [5.74, 6) is -0.769. The van der Waals surface area contributed by atoms with Crippen LogP contribution in [0.15, 0.2) is 0 Å². The van der Waals surface area contributed by atoms with E-state index >= 15 is 0 Å². The zero-order valence-electron chi connectivity index (χ0n) is 13.6. The summed E-state index contributed by atoms with van der Waals surface area (Å²) in [7, 11) is -4.23. The molecule has 148 valence electrons. The summed E-state index contributed by atoms with van der Waals surface area (Å²) in [6.45, 7) is 2.06. The molecule has 0 heterocycles. The number of carbonyl (C=O) groups is 1. The Hall–Kier alpha value is 0.821. The van der Waals surface area contributed by atoms with Crippen LogP contribution in [0.25, 0.3) is 0 Å². The van der Waals surface area contributed by atoms with Crippen molar-refractivity contribution < 1.29 is 66.3 Å². The van der Waals surface area contributed by atoms with Crippen molar-refractivity contribution in [2.24, 2.45) is 5.73 Å². The summed E-state index contributed by atoms with van der Waals surface area (Å²) >= 11 is 0. The number of hydrogen-bond acceptors (Lipinski definition) is 6. The topological polar surface area (TPSA) is 95.7 Å². The van der Waals surface area contributed by atoms with E-state index in [4.69, 9.17) is 5.73 Å². The average molecular weight is 539 g/mol. The van der Waals surface area contributed by atoms with Crippen LogP contribution in [0.3, 0.4) is 0 Å². The molecule has 2 radical (unpaired) electrons. The van der Waals surface area contributed by atoms with E-state index in [1.165, 1.54) is 32.1 Å². The summed E-state index contributed by atoms with van der Waals surface area (Å²) < 4.78 is 30.9. The van der Waals surface area contributed by atoms with Gasteiger partial charge in [0.1, 0.15) is 0 Å². The fraction of sp³-hybridized carbons (Fsp3) is 0.929. The molecule has 0 rings (SSSR count). The maximum Gasteiger partial charge on any atom is 0.451 e. The van der Waals surface area contributed by atoms with Crippen LogP contribution in [0.5, 0.6) is 0 Å². The smallest absolute Gasteiger partial charge is 0.328 e. The molecule has 0 aromatic carbocycles. The third-order valence-corrected chi connectivity index (χ3v) is 3.87. The van der Waals surface area contributed by atoms with Crippen molar-refractivity contribution in [3.8, 4) is 0 Å². The Morgan fingerprint density at radius 3 is 1.87 bits per heavy atom. The van der Waals surface area contributed by atoms with Gasteiger partial charge in [0.2, 0.25) is 0 Å². The molecule has 9 heteroatoms. The van der Waals surface area contributed by atoms with E-state index in [2.05, 4.69) is 15.3 Å². The van der Waals surface area contributed by atoms with Crippen molar-refractivity contribution in [2.45, 2.75) is 71.1 Å². The third-order valence-electron chi connectivity index (χ3n) is 3.02. The van der Waals surface area contributed by atoms with Gasteiger partial charge < -0.3 is 9.92 Å². The molecule has 0 saturated heterocycles. The van der Waals surface area contributed by atoms with Gasteiger partial charge in [-0.05, 0) is 6.42 Å². The van der Waals surface area contributed by atoms with E-state index in [-0.39, 0.29) is 64.3 Å². The van der Waals surface area contributed by atoms with Gasteiger partial charge in [-0.25, -0.2) is 4.18 Å². The summed E-state index contributed by atoms with van der Waals surface area (Å²) in [6.07, 6.45) is 10.2. The van der Waals surface area contributed by atoms with Gasteiger partial charge in [-0.2, -0.15) is 8.42 Å². The molecule has 2 N–H and O–H groups in total. The van der Waals surface area contributed by atoms with Gasteiger partial charge in [0.15, 0.2) is 0 Å². The first kappa shape index (κ1) is 28.6. The van der Waals surface area contributed by atoms with Crippen molar-refractivity contribution >= 4 is 16.4 Å². The largest absolute Gasteiger partial charge is 0.451 e. The van der Waals surface area contributed by atoms with Crippen LogP contribution in [0, 0.1) is 0 Å². The number of rotatable bonds is 14. The summed E-state index contributed by atoms with van der Waals surface area (Å²) in [4.78, 5) is 11.3. The molecular formula is C14H29Ag2NO5S. The molecule has 0 aliphatic rings. The molecular weight excluding hydrogens is 510 g/mol. The van der Waals surface area contributed by atoms with Crippen LogP contribution in [-0.4, -0.2) is 27.5 Å². The Balaban J connectivity index is -0.00000200. The molecule has 0 aromatic rings. The first-order chi connectivity index (χ1) is 10.0. The van der Waals surface area contributed by atoms with E-state index in [9.17, 15) is 13.2 Å². The van der Waals surface area contributed by atoms with E-state index in [1.54, 1.807) is 0 Å². The van der Waals surface area contributed by atoms with Crippen LogP contribution in [0.1, 0.15) is 71.1 Å². The van der Waals surface area contributed by atoms with E-state index < -0.39 is 16.4 Å². The minimum absolute atomic E-state index is 0. The van der Waals surface area contributed by atoms with E-state index in [0.717, 1.165) is 19.3 Å². The number of unbranched alkanes of at least 4 members (excludes halogenated alkanes) is 8. The molecule has 0 amide bonds. The van der Waals surface area contributed by atoms with Gasteiger partial charge >= 0.3 is 16.4 Å². The van der Waals surface area contributed by atoms with Gasteiger partial charge in [0.05, 0.1) is 6.61 Å². The minimum Gasteiger partial charge on any atom is -0.328 e. The second-order valence-corrected chi connectivity index (χ2v) is 6.27. The van der Waals surface area contributed by atoms with E-state index in [1.807, 2.05) is 0 Å². The average Bonchev–Trinajstić information content (AvgIpc) is 2.43. The normalized spacial score (nSPS) is 10.5. The van der Waals surface area contributed by atoms with Gasteiger partial charge in [0, 0.05) is 57.7 Å². The van der Waals surface area contributed by atoms with Crippen LogP contribution < -0.4 is 5.73 Å². The second-order valence-electron chi connectivity index (χ2n) is 5.05. The van der Waals surface area contributed by atoms with Crippen molar-refractivity contribution in [1.82, 2.24) is 0 Å². The maximum absolute atomic E-state index is 11.3. The monoisotopic (exact) mass is 537 g/mol. The Morgan fingerprint density at radius 1 is 0.913 bits per heavy atom. The molecule has 0 bridgehead atoms. The van der Waals surface area contributed by atoms with Crippen LogP contribution in [0.4, 0.5) is 0 Å². The number of nitrogens with two attached hydrogens (primary N) is 1. The predicted molar refractivity (Wildman–Crippen MR) is 81.9 cm³/mol. The summed E-state index contributed by atoms with van der Waals surface area (Å²) in [5.41, 5.74) is 5.10. The Labute approximate surface area is 172 Å². The van der Waals surface area contributed by atoms with Crippen LogP contribution in [-0.2, 0) is 68.3 Å². The Bertz CT molecular complexity index is 366. The molecule has 0 unspecified atom stereocenters. The standard InChI is InChI=1S/C14H29NO5S.2Ag/c1-2-3-4-5-6-7-8-9-10-11-14(16)20-21(17,18)19-13-12-15;;/h2-13,15H2,1H3;;. The number of hydrogen-bond donors (Lipinski definition) is 1. The van der Waals surface area contributed by atoms with Crippen molar-refractivity contribution in [2.75, 3.05) is 13.2 Å². The first-order valence-corrected chi connectivity index (χ1v) is 9.17. The second kappa shape index (κ2) is 19.1. The fourth-order valence-electron chi connectivity index (χ4n) is 1.91. The van der Waals surface area contributed by atoms with Gasteiger partial charge in [0.25, 0.3) is 0 Å². The molecule has 0 atom stereocenters. The summed E-state index contributed by atoms with van der Waals surface area (Å²) in [6, 6.07) is 0. The molecule has 0 spiro atoms. The summed E-state index contributed by atoms with van der Waals surface area (Å²) in [5, 5.41) is 0. The molecule has 0 saturated carbocycles. The van der Waals surface area contributed by atoms with Gasteiger partial charge in [-0.3, -0.25) is 4.79 Å². The van der Waals surface area contributed by atoms with E-state index in [0.29, 0.717) is 6.42 Å².